The van der Waals surface area contributed by atoms with Gasteiger partial charge < -0.3 is 20.4 Å². The number of rotatable bonds is 2. The highest BCUT2D eigenvalue weighted by molar-refractivity contribution is 5.87. The molecule has 0 saturated carbocycles. The fourth-order valence-electron chi connectivity index (χ4n) is 2.17. The number of hydrogen-bond donors (Lipinski definition) is 2. The van der Waals surface area contributed by atoms with Crippen LogP contribution in [0.2, 0.25) is 0 Å². The van der Waals surface area contributed by atoms with Gasteiger partial charge in [0.05, 0.1) is 6.20 Å². The first-order chi connectivity index (χ1) is 8.65. The summed E-state index contributed by atoms with van der Waals surface area (Å²) in [4.78, 5) is 22.0. The molecule has 0 radical (unpaired) electrons. The molecule has 7 nitrogen and oxygen atoms in total. The maximum Gasteiger partial charge on any atom is 0.244 e. The van der Waals surface area contributed by atoms with Crippen LogP contribution in [0.15, 0.2) is 18.6 Å². The first kappa shape index (κ1) is 10.8. The van der Waals surface area contributed by atoms with E-state index in [0.29, 0.717) is 17.3 Å². The van der Waals surface area contributed by atoms with Crippen molar-refractivity contribution in [3.63, 3.8) is 0 Å². The fraction of sp³-hybridized carbons (Fsp3) is 0.364. The number of carbonyl (C=O) groups is 1. The van der Waals surface area contributed by atoms with E-state index in [1.54, 1.807) is 34.9 Å². The molecule has 7 heteroatoms. The summed E-state index contributed by atoms with van der Waals surface area (Å²) < 4.78 is 1.79. The predicted octanol–water partition coefficient (Wildman–Crippen LogP) is -0.0459. The van der Waals surface area contributed by atoms with Crippen molar-refractivity contribution >= 4 is 23.2 Å². The standard InChI is InChI=1S/C11H14N6O/c1-16-4-2-7(11(16)18)14-9-10-13-3-5-17(10)6-8(12)15-9/h3,5-7H,2,4,12H2,1H3,(H,14,15). The molecule has 0 bridgehead atoms. The second kappa shape index (κ2) is 3.86. The summed E-state index contributed by atoms with van der Waals surface area (Å²) in [5.74, 6) is 1.01. The number of nitrogen functional groups attached to an aromatic ring is 1. The van der Waals surface area contributed by atoms with Crippen molar-refractivity contribution in [2.24, 2.45) is 0 Å². The molecule has 0 aromatic carbocycles. The number of carbonyl (C=O) groups excluding carboxylic acids is 1. The summed E-state index contributed by atoms with van der Waals surface area (Å²) in [6.45, 7) is 0.754. The van der Waals surface area contributed by atoms with Gasteiger partial charge in [-0.15, -0.1) is 0 Å². The second-order valence-electron chi connectivity index (χ2n) is 4.42. The molecule has 0 aliphatic carbocycles. The Hall–Kier alpha value is -2.31. The third-order valence-electron chi connectivity index (χ3n) is 3.13. The van der Waals surface area contributed by atoms with Crippen LogP contribution in [-0.2, 0) is 4.79 Å². The van der Waals surface area contributed by atoms with Crippen LogP contribution < -0.4 is 11.1 Å². The van der Waals surface area contributed by atoms with Gasteiger partial charge in [0.1, 0.15) is 11.9 Å². The quantitative estimate of drug-likeness (QED) is 0.775. The van der Waals surface area contributed by atoms with E-state index in [-0.39, 0.29) is 11.9 Å². The minimum Gasteiger partial charge on any atom is -0.382 e. The molecule has 1 fully saturated rings. The summed E-state index contributed by atoms with van der Waals surface area (Å²) in [7, 11) is 1.79. The number of likely N-dealkylation sites (N-methyl/N-ethyl adjacent to an activating group) is 1. The molecule has 2 aromatic rings. The van der Waals surface area contributed by atoms with E-state index in [9.17, 15) is 4.79 Å². The van der Waals surface area contributed by atoms with Gasteiger partial charge in [-0.05, 0) is 6.42 Å². The van der Waals surface area contributed by atoms with Crippen molar-refractivity contribution in [1.29, 1.82) is 0 Å². The molecule has 3 heterocycles. The van der Waals surface area contributed by atoms with Gasteiger partial charge in [0.25, 0.3) is 0 Å². The molecular formula is C11H14N6O. The van der Waals surface area contributed by atoms with Gasteiger partial charge in [-0.25, -0.2) is 9.97 Å². The summed E-state index contributed by atoms with van der Waals surface area (Å²) in [5, 5.41) is 3.13. The Morgan fingerprint density at radius 1 is 1.56 bits per heavy atom. The monoisotopic (exact) mass is 246 g/mol. The van der Waals surface area contributed by atoms with Gasteiger partial charge >= 0.3 is 0 Å². The minimum atomic E-state index is -0.246. The van der Waals surface area contributed by atoms with E-state index in [2.05, 4.69) is 15.3 Å². The van der Waals surface area contributed by atoms with Gasteiger partial charge in [0.2, 0.25) is 5.91 Å². The van der Waals surface area contributed by atoms with E-state index in [4.69, 9.17) is 5.73 Å². The average Bonchev–Trinajstić information content (AvgIpc) is 2.90. The average molecular weight is 246 g/mol. The van der Waals surface area contributed by atoms with Crippen LogP contribution >= 0.6 is 0 Å². The number of nitrogens with two attached hydrogens (primary N) is 1. The van der Waals surface area contributed by atoms with Crippen LogP contribution in [0.1, 0.15) is 6.42 Å². The zero-order valence-corrected chi connectivity index (χ0v) is 10.00. The predicted molar refractivity (Wildman–Crippen MR) is 67.1 cm³/mol. The van der Waals surface area contributed by atoms with E-state index in [1.165, 1.54) is 0 Å². The minimum absolute atomic E-state index is 0.0731. The maximum absolute atomic E-state index is 11.8. The number of imidazole rings is 1. The molecule has 0 spiro atoms. The highest BCUT2D eigenvalue weighted by Crippen LogP contribution is 2.19. The number of hydrogen-bond acceptors (Lipinski definition) is 5. The van der Waals surface area contributed by atoms with Crippen molar-refractivity contribution in [2.45, 2.75) is 12.5 Å². The molecule has 3 N–H and O–H groups in total. The summed E-state index contributed by atoms with van der Waals surface area (Å²) >= 11 is 0. The van der Waals surface area contributed by atoms with Crippen molar-refractivity contribution < 1.29 is 4.79 Å². The fourth-order valence-corrected chi connectivity index (χ4v) is 2.17. The topological polar surface area (TPSA) is 88.6 Å². The highest BCUT2D eigenvalue weighted by Gasteiger charge is 2.29. The lowest BCUT2D eigenvalue weighted by molar-refractivity contribution is -0.127. The van der Waals surface area contributed by atoms with E-state index in [0.717, 1.165) is 13.0 Å². The third kappa shape index (κ3) is 1.64. The summed E-state index contributed by atoms with van der Waals surface area (Å²) in [6.07, 6.45) is 5.92. The Labute approximate surface area is 104 Å². The van der Waals surface area contributed by atoms with Gasteiger partial charge in [-0.2, -0.15) is 0 Å². The van der Waals surface area contributed by atoms with E-state index < -0.39 is 0 Å². The van der Waals surface area contributed by atoms with Crippen molar-refractivity contribution in [1.82, 2.24) is 19.3 Å². The molecular weight excluding hydrogens is 232 g/mol. The first-order valence-electron chi connectivity index (χ1n) is 5.76. The Balaban J connectivity index is 1.95. The molecule has 2 aromatic heterocycles. The lowest BCUT2D eigenvalue weighted by Gasteiger charge is -2.13. The van der Waals surface area contributed by atoms with E-state index in [1.807, 2.05) is 0 Å². The zero-order valence-electron chi connectivity index (χ0n) is 10.00. The largest absolute Gasteiger partial charge is 0.382 e. The van der Waals surface area contributed by atoms with Crippen molar-refractivity contribution in [2.75, 3.05) is 24.6 Å². The van der Waals surface area contributed by atoms with E-state index >= 15 is 0 Å². The van der Waals surface area contributed by atoms with Crippen LogP contribution in [0.5, 0.6) is 0 Å². The highest BCUT2D eigenvalue weighted by atomic mass is 16.2. The number of nitrogens with zero attached hydrogens (tertiary/aromatic N) is 4. The molecule has 1 aliphatic heterocycles. The van der Waals surface area contributed by atoms with Crippen LogP contribution in [0.3, 0.4) is 0 Å². The van der Waals surface area contributed by atoms with Crippen LogP contribution in [0.4, 0.5) is 11.6 Å². The number of fused-ring (bicyclic) bond motifs is 1. The maximum atomic E-state index is 11.8. The number of anilines is 2. The molecule has 18 heavy (non-hydrogen) atoms. The van der Waals surface area contributed by atoms with Gasteiger partial charge in [0.15, 0.2) is 11.5 Å². The molecule has 1 saturated heterocycles. The molecule has 94 valence electrons. The third-order valence-corrected chi connectivity index (χ3v) is 3.13. The Kier molecular flexibility index (Phi) is 2.32. The zero-order chi connectivity index (χ0) is 12.7. The van der Waals surface area contributed by atoms with Gasteiger partial charge in [0, 0.05) is 26.0 Å². The second-order valence-corrected chi connectivity index (χ2v) is 4.42. The Morgan fingerprint density at radius 2 is 2.39 bits per heavy atom. The van der Waals surface area contributed by atoms with Crippen LogP contribution in [0, 0.1) is 0 Å². The number of likely N-dealkylation sites (tertiary alicyclic amines) is 1. The number of aromatic nitrogens is 3. The first-order valence-corrected chi connectivity index (χ1v) is 5.76. The lowest BCUT2D eigenvalue weighted by atomic mass is 10.2. The van der Waals surface area contributed by atoms with Crippen LogP contribution in [-0.4, -0.2) is 44.8 Å². The molecule has 1 amide bonds. The van der Waals surface area contributed by atoms with Crippen LogP contribution in [0.25, 0.3) is 5.65 Å². The Bertz CT molecular complexity index is 607. The SMILES string of the molecule is CN1CCC(Nc2nc(N)cn3ccnc23)C1=O. The Morgan fingerprint density at radius 3 is 3.11 bits per heavy atom. The molecule has 1 unspecified atom stereocenters. The van der Waals surface area contributed by atoms with Gasteiger partial charge in [-0.3, -0.25) is 4.79 Å². The summed E-state index contributed by atoms with van der Waals surface area (Å²) in [6, 6.07) is -0.246. The van der Waals surface area contributed by atoms with Crippen molar-refractivity contribution in [3.05, 3.63) is 18.6 Å². The molecule has 1 aliphatic rings. The number of nitrogens with one attached hydrogen (secondary N) is 1. The molecule has 3 rings (SSSR count). The van der Waals surface area contributed by atoms with Crippen molar-refractivity contribution in [3.8, 4) is 0 Å². The smallest absolute Gasteiger partial charge is 0.244 e. The number of amides is 1. The lowest BCUT2D eigenvalue weighted by Crippen LogP contribution is -2.31. The molecule has 1 atom stereocenters. The van der Waals surface area contributed by atoms with Gasteiger partial charge in [-0.1, -0.05) is 0 Å². The summed E-state index contributed by atoms with van der Waals surface area (Å²) in [5.41, 5.74) is 6.40. The normalized spacial score (nSPS) is 19.7.